The van der Waals surface area contributed by atoms with Gasteiger partial charge in [0.1, 0.15) is 23.7 Å². The van der Waals surface area contributed by atoms with Crippen molar-refractivity contribution < 1.29 is 14.3 Å². The molecular formula is C19H25N5O3. The number of benzene rings is 1. The minimum Gasteiger partial charge on any atom is -0.497 e. The van der Waals surface area contributed by atoms with Gasteiger partial charge in [-0.25, -0.2) is 14.8 Å². The maximum Gasteiger partial charge on any atom is 0.409 e. The zero-order valence-electron chi connectivity index (χ0n) is 15.7. The highest BCUT2D eigenvalue weighted by molar-refractivity contribution is 5.68. The molecule has 0 saturated carbocycles. The number of piperazine rings is 1. The van der Waals surface area contributed by atoms with E-state index >= 15 is 0 Å². The molecule has 3 rings (SSSR count). The molecule has 1 fully saturated rings. The predicted octanol–water partition coefficient (Wildman–Crippen LogP) is 2.38. The lowest BCUT2D eigenvalue weighted by molar-refractivity contribution is 0.105. The van der Waals surface area contributed by atoms with E-state index in [0.29, 0.717) is 39.3 Å². The van der Waals surface area contributed by atoms with Crippen LogP contribution in [0.2, 0.25) is 0 Å². The van der Waals surface area contributed by atoms with Crippen LogP contribution in [-0.2, 0) is 11.3 Å². The lowest BCUT2D eigenvalue weighted by Crippen LogP contribution is -2.49. The van der Waals surface area contributed by atoms with E-state index in [4.69, 9.17) is 9.47 Å². The highest BCUT2D eigenvalue weighted by Crippen LogP contribution is 2.18. The van der Waals surface area contributed by atoms with E-state index in [9.17, 15) is 4.79 Å². The summed E-state index contributed by atoms with van der Waals surface area (Å²) in [5.74, 6) is 2.46. The molecule has 0 bridgehead atoms. The van der Waals surface area contributed by atoms with E-state index in [0.717, 1.165) is 22.9 Å². The Morgan fingerprint density at radius 2 is 1.89 bits per heavy atom. The van der Waals surface area contributed by atoms with Crippen molar-refractivity contribution in [1.82, 2.24) is 14.9 Å². The fourth-order valence-electron chi connectivity index (χ4n) is 2.89. The van der Waals surface area contributed by atoms with Gasteiger partial charge in [0.25, 0.3) is 0 Å². The summed E-state index contributed by atoms with van der Waals surface area (Å²) in [5.41, 5.74) is 1.14. The monoisotopic (exact) mass is 371 g/mol. The Labute approximate surface area is 159 Å². The molecule has 0 atom stereocenters. The second kappa shape index (κ2) is 9.07. The fraction of sp³-hybridized carbons (Fsp3) is 0.421. The van der Waals surface area contributed by atoms with Crippen LogP contribution in [-0.4, -0.2) is 60.9 Å². The summed E-state index contributed by atoms with van der Waals surface area (Å²) in [6.07, 6.45) is 1.31. The zero-order chi connectivity index (χ0) is 19.1. The first-order valence-electron chi connectivity index (χ1n) is 9.05. The molecule has 27 heavy (non-hydrogen) atoms. The van der Waals surface area contributed by atoms with Crippen molar-refractivity contribution in [3.63, 3.8) is 0 Å². The molecule has 0 radical (unpaired) electrons. The molecule has 0 unspecified atom stereocenters. The van der Waals surface area contributed by atoms with Crippen LogP contribution >= 0.6 is 0 Å². The van der Waals surface area contributed by atoms with Crippen molar-refractivity contribution >= 4 is 17.7 Å². The summed E-state index contributed by atoms with van der Waals surface area (Å²) < 4.78 is 10.2. The molecule has 144 valence electrons. The maximum absolute atomic E-state index is 11.8. The number of amides is 1. The summed E-state index contributed by atoms with van der Waals surface area (Å²) in [4.78, 5) is 24.3. The number of hydrogen-bond donors (Lipinski definition) is 1. The Morgan fingerprint density at radius 3 is 2.56 bits per heavy atom. The smallest absolute Gasteiger partial charge is 0.409 e. The highest BCUT2D eigenvalue weighted by atomic mass is 16.6. The maximum atomic E-state index is 11.8. The van der Waals surface area contributed by atoms with Crippen molar-refractivity contribution in [3.05, 3.63) is 42.2 Å². The van der Waals surface area contributed by atoms with Gasteiger partial charge in [0.2, 0.25) is 0 Å². The van der Waals surface area contributed by atoms with Gasteiger partial charge < -0.3 is 24.6 Å². The molecule has 1 aromatic heterocycles. The second-order valence-corrected chi connectivity index (χ2v) is 6.14. The van der Waals surface area contributed by atoms with Crippen molar-refractivity contribution in [3.8, 4) is 5.75 Å². The molecule has 1 aromatic carbocycles. The number of carbonyl (C=O) groups is 1. The third-order valence-corrected chi connectivity index (χ3v) is 4.42. The van der Waals surface area contributed by atoms with Gasteiger partial charge in [-0.3, -0.25) is 0 Å². The quantitative estimate of drug-likeness (QED) is 0.835. The van der Waals surface area contributed by atoms with E-state index in [1.54, 1.807) is 18.3 Å². The van der Waals surface area contributed by atoms with E-state index in [1.807, 2.05) is 37.3 Å². The van der Waals surface area contributed by atoms with Crippen LogP contribution in [0.3, 0.4) is 0 Å². The van der Waals surface area contributed by atoms with E-state index in [-0.39, 0.29) is 6.09 Å². The van der Waals surface area contributed by atoms with Gasteiger partial charge in [-0.1, -0.05) is 12.1 Å². The molecule has 8 heteroatoms. The van der Waals surface area contributed by atoms with Crippen LogP contribution in [0, 0.1) is 0 Å². The Balaban J connectivity index is 1.55. The molecule has 0 spiro atoms. The standard InChI is InChI=1S/C19H25N5O3/c1-3-27-19(25)24-10-8-23(9-11-24)18-12-17(21-14-22-18)20-13-15-4-6-16(26-2)7-5-15/h4-7,12,14H,3,8-11,13H2,1-2H3,(H,20,21,22). The van der Waals surface area contributed by atoms with Crippen LogP contribution in [0.5, 0.6) is 5.75 Å². The van der Waals surface area contributed by atoms with Crippen molar-refractivity contribution in [2.45, 2.75) is 13.5 Å². The van der Waals surface area contributed by atoms with E-state index in [2.05, 4.69) is 20.2 Å². The molecule has 1 saturated heterocycles. The van der Waals surface area contributed by atoms with Crippen molar-refractivity contribution in [2.75, 3.05) is 50.1 Å². The second-order valence-electron chi connectivity index (χ2n) is 6.14. The van der Waals surface area contributed by atoms with Gasteiger partial charge >= 0.3 is 6.09 Å². The lowest BCUT2D eigenvalue weighted by atomic mass is 10.2. The SMILES string of the molecule is CCOC(=O)N1CCN(c2cc(NCc3ccc(OC)cc3)ncn2)CC1. The normalized spacial score (nSPS) is 14.0. The first kappa shape index (κ1) is 18.8. The van der Waals surface area contributed by atoms with Crippen LogP contribution in [0.4, 0.5) is 16.4 Å². The summed E-state index contributed by atoms with van der Waals surface area (Å²) in [5, 5.41) is 3.32. The lowest BCUT2D eigenvalue weighted by Gasteiger charge is -2.34. The third-order valence-electron chi connectivity index (χ3n) is 4.42. The molecule has 0 aliphatic carbocycles. The average molecular weight is 371 g/mol. The van der Waals surface area contributed by atoms with Crippen molar-refractivity contribution in [1.29, 1.82) is 0 Å². The molecule has 1 N–H and O–H groups in total. The largest absolute Gasteiger partial charge is 0.497 e. The number of rotatable bonds is 6. The number of ether oxygens (including phenoxy) is 2. The first-order chi connectivity index (χ1) is 13.2. The number of hydrogen-bond acceptors (Lipinski definition) is 7. The van der Waals surface area contributed by atoms with Crippen LogP contribution in [0.15, 0.2) is 36.7 Å². The van der Waals surface area contributed by atoms with Gasteiger partial charge in [0.05, 0.1) is 13.7 Å². The van der Waals surface area contributed by atoms with Crippen molar-refractivity contribution in [2.24, 2.45) is 0 Å². The van der Waals surface area contributed by atoms with Gasteiger partial charge in [-0.2, -0.15) is 0 Å². The fourth-order valence-corrected chi connectivity index (χ4v) is 2.89. The molecule has 1 aliphatic rings. The van der Waals surface area contributed by atoms with E-state index in [1.165, 1.54) is 0 Å². The Kier molecular flexibility index (Phi) is 6.30. The third kappa shape index (κ3) is 4.99. The van der Waals surface area contributed by atoms with Gasteiger partial charge in [0.15, 0.2) is 0 Å². The molecule has 2 heterocycles. The summed E-state index contributed by atoms with van der Waals surface area (Å²) in [7, 11) is 1.65. The number of methoxy groups -OCH3 is 1. The van der Waals surface area contributed by atoms with Crippen LogP contribution in [0.1, 0.15) is 12.5 Å². The van der Waals surface area contributed by atoms with E-state index < -0.39 is 0 Å². The van der Waals surface area contributed by atoms with Crippen LogP contribution in [0.25, 0.3) is 0 Å². The summed E-state index contributed by atoms with van der Waals surface area (Å²) in [6, 6.07) is 9.84. The zero-order valence-corrected chi connectivity index (χ0v) is 15.7. The predicted molar refractivity (Wildman–Crippen MR) is 103 cm³/mol. The highest BCUT2D eigenvalue weighted by Gasteiger charge is 2.22. The number of aromatic nitrogens is 2. The van der Waals surface area contributed by atoms with Gasteiger partial charge in [-0.15, -0.1) is 0 Å². The minimum atomic E-state index is -0.248. The first-order valence-corrected chi connectivity index (χ1v) is 9.05. The van der Waals surface area contributed by atoms with Gasteiger partial charge in [0, 0.05) is 38.8 Å². The minimum absolute atomic E-state index is 0.248. The molecule has 1 aliphatic heterocycles. The van der Waals surface area contributed by atoms with Gasteiger partial charge in [-0.05, 0) is 24.6 Å². The molecule has 1 amide bonds. The average Bonchev–Trinajstić information content (AvgIpc) is 2.73. The Morgan fingerprint density at radius 1 is 1.15 bits per heavy atom. The Bertz CT molecular complexity index is 745. The molecule has 2 aromatic rings. The van der Waals surface area contributed by atoms with Crippen LogP contribution < -0.4 is 15.0 Å². The summed E-state index contributed by atoms with van der Waals surface area (Å²) in [6.45, 7) is 5.55. The number of anilines is 2. The topological polar surface area (TPSA) is 79.8 Å². The number of carbonyl (C=O) groups excluding carboxylic acids is 1. The summed E-state index contributed by atoms with van der Waals surface area (Å²) >= 11 is 0. The molecular weight excluding hydrogens is 346 g/mol. The number of nitrogens with one attached hydrogen (secondary N) is 1. The number of nitrogens with zero attached hydrogens (tertiary/aromatic N) is 4. The molecule has 8 nitrogen and oxygen atoms in total. The Hall–Kier alpha value is -3.03.